The maximum atomic E-state index is 5.51. The van der Waals surface area contributed by atoms with Crippen LogP contribution >= 0.6 is 0 Å². The summed E-state index contributed by atoms with van der Waals surface area (Å²) in [5, 5.41) is 3.55. The molecule has 0 bridgehead atoms. The van der Waals surface area contributed by atoms with Gasteiger partial charge in [0.15, 0.2) is 5.96 Å². The number of nitrogens with zero attached hydrogens (tertiary/aromatic N) is 3. The lowest BCUT2D eigenvalue weighted by molar-refractivity contribution is -0.00521. The molecule has 1 aliphatic rings. The van der Waals surface area contributed by atoms with Gasteiger partial charge < -0.3 is 19.9 Å². The van der Waals surface area contributed by atoms with Crippen LogP contribution in [0.5, 0.6) is 0 Å². The highest BCUT2D eigenvalue weighted by atomic mass is 16.5. The summed E-state index contributed by atoms with van der Waals surface area (Å²) in [5.74, 6) is 0.992. The monoisotopic (exact) mass is 284 g/mol. The van der Waals surface area contributed by atoms with Gasteiger partial charge in [-0.05, 0) is 33.4 Å². The Kier molecular flexibility index (Phi) is 7.30. The number of ether oxygens (including phenoxy) is 1. The lowest BCUT2D eigenvalue weighted by atomic mass is 9.88. The number of guanidine groups is 1. The van der Waals surface area contributed by atoms with Gasteiger partial charge in [0.2, 0.25) is 0 Å². The van der Waals surface area contributed by atoms with Crippen LogP contribution in [0.2, 0.25) is 0 Å². The molecule has 0 aromatic heterocycles. The van der Waals surface area contributed by atoms with Crippen LogP contribution in [-0.2, 0) is 4.74 Å². The Bertz CT molecular complexity index is 298. The average Bonchev–Trinajstić information content (AvgIpc) is 2.46. The standard InChI is InChI=1S/C15H32N4O/c1-6-7-10-19(5)14(16-2)17-13-15(18(3)4)8-11-20-12-9-15/h6-13H2,1-5H3,(H,16,17). The fraction of sp³-hybridized carbons (Fsp3) is 0.933. The van der Waals surface area contributed by atoms with Gasteiger partial charge in [-0.3, -0.25) is 4.99 Å². The highest BCUT2D eigenvalue weighted by molar-refractivity contribution is 5.79. The van der Waals surface area contributed by atoms with Crippen molar-refractivity contribution in [1.29, 1.82) is 0 Å². The van der Waals surface area contributed by atoms with Crippen LogP contribution in [0.15, 0.2) is 4.99 Å². The molecule has 0 aromatic carbocycles. The predicted octanol–water partition coefficient (Wildman–Crippen LogP) is 1.40. The van der Waals surface area contributed by atoms with Crippen LogP contribution in [0.25, 0.3) is 0 Å². The van der Waals surface area contributed by atoms with Crippen molar-refractivity contribution in [1.82, 2.24) is 15.1 Å². The number of hydrogen-bond acceptors (Lipinski definition) is 3. The van der Waals surface area contributed by atoms with Crippen LogP contribution in [-0.4, -0.2) is 75.8 Å². The number of unbranched alkanes of at least 4 members (excludes halogenated alkanes) is 1. The smallest absolute Gasteiger partial charge is 0.193 e. The molecule has 1 rings (SSSR count). The fourth-order valence-electron chi connectivity index (χ4n) is 2.66. The molecule has 0 saturated carbocycles. The zero-order valence-electron chi connectivity index (χ0n) is 13.9. The zero-order valence-corrected chi connectivity index (χ0v) is 13.9. The van der Waals surface area contributed by atoms with Gasteiger partial charge in [0, 0.05) is 45.9 Å². The number of hydrogen-bond donors (Lipinski definition) is 1. The van der Waals surface area contributed by atoms with Crippen molar-refractivity contribution in [3.8, 4) is 0 Å². The van der Waals surface area contributed by atoms with E-state index in [9.17, 15) is 0 Å². The minimum atomic E-state index is 0.180. The summed E-state index contributed by atoms with van der Waals surface area (Å²) in [4.78, 5) is 8.95. The largest absolute Gasteiger partial charge is 0.381 e. The molecule has 1 aliphatic heterocycles. The van der Waals surface area contributed by atoms with Crippen molar-refractivity contribution in [2.45, 2.75) is 38.1 Å². The van der Waals surface area contributed by atoms with Crippen LogP contribution in [0.1, 0.15) is 32.6 Å². The molecule has 1 saturated heterocycles. The second-order valence-corrected chi connectivity index (χ2v) is 5.91. The molecular weight excluding hydrogens is 252 g/mol. The topological polar surface area (TPSA) is 40.1 Å². The van der Waals surface area contributed by atoms with Gasteiger partial charge >= 0.3 is 0 Å². The third-order valence-corrected chi connectivity index (χ3v) is 4.37. The second kappa shape index (κ2) is 8.47. The predicted molar refractivity (Wildman–Crippen MR) is 85.4 cm³/mol. The number of nitrogens with one attached hydrogen (secondary N) is 1. The molecule has 1 fully saturated rings. The summed E-state index contributed by atoms with van der Waals surface area (Å²) in [6.45, 7) is 5.89. The van der Waals surface area contributed by atoms with Gasteiger partial charge in [0.25, 0.3) is 0 Å². The van der Waals surface area contributed by atoms with Crippen molar-refractivity contribution in [3.05, 3.63) is 0 Å². The first kappa shape index (κ1) is 17.2. The van der Waals surface area contributed by atoms with Crippen molar-refractivity contribution in [3.63, 3.8) is 0 Å². The molecule has 20 heavy (non-hydrogen) atoms. The highest BCUT2D eigenvalue weighted by Gasteiger charge is 2.34. The molecule has 5 nitrogen and oxygen atoms in total. The van der Waals surface area contributed by atoms with E-state index in [1.807, 2.05) is 7.05 Å². The van der Waals surface area contributed by atoms with E-state index in [2.05, 4.69) is 48.2 Å². The van der Waals surface area contributed by atoms with Gasteiger partial charge in [-0.25, -0.2) is 0 Å². The number of likely N-dealkylation sites (N-methyl/N-ethyl adjacent to an activating group) is 1. The lowest BCUT2D eigenvalue weighted by Crippen LogP contribution is -2.57. The number of rotatable bonds is 6. The molecule has 0 aliphatic carbocycles. The quantitative estimate of drug-likeness (QED) is 0.591. The summed E-state index contributed by atoms with van der Waals surface area (Å²) in [7, 11) is 8.29. The Morgan fingerprint density at radius 3 is 2.40 bits per heavy atom. The Hall–Kier alpha value is -0.810. The van der Waals surface area contributed by atoms with Crippen molar-refractivity contribution < 1.29 is 4.74 Å². The van der Waals surface area contributed by atoms with Gasteiger partial charge in [0.1, 0.15) is 0 Å². The summed E-state index contributed by atoms with van der Waals surface area (Å²) >= 11 is 0. The van der Waals surface area contributed by atoms with Crippen molar-refractivity contribution in [2.75, 3.05) is 54.5 Å². The van der Waals surface area contributed by atoms with E-state index >= 15 is 0 Å². The average molecular weight is 284 g/mol. The Morgan fingerprint density at radius 2 is 1.90 bits per heavy atom. The van der Waals surface area contributed by atoms with Gasteiger partial charge in [-0.15, -0.1) is 0 Å². The van der Waals surface area contributed by atoms with Gasteiger partial charge in [-0.1, -0.05) is 13.3 Å². The van der Waals surface area contributed by atoms with E-state index in [0.717, 1.165) is 45.1 Å². The molecule has 0 radical (unpaired) electrons. The minimum absolute atomic E-state index is 0.180. The minimum Gasteiger partial charge on any atom is -0.381 e. The lowest BCUT2D eigenvalue weighted by Gasteiger charge is -2.43. The summed E-state index contributed by atoms with van der Waals surface area (Å²) < 4.78 is 5.51. The Balaban J connectivity index is 2.56. The van der Waals surface area contributed by atoms with Gasteiger partial charge in [-0.2, -0.15) is 0 Å². The zero-order chi connectivity index (χ0) is 15.0. The molecule has 1 N–H and O–H groups in total. The van der Waals surface area contributed by atoms with E-state index in [1.54, 1.807) is 0 Å². The van der Waals surface area contributed by atoms with E-state index in [1.165, 1.54) is 12.8 Å². The molecule has 118 valence electrons. The molecular formula is C15H32N4O. The van der Waals surface area contributed by atoms with E-state index in [0.29, 0.717) is 0 Å². The van der Waals surface area contributed by atoms with E-state index in [4.69, 9.17) is 4.74 Å². The summed E-state index contributed by atoms with van der Waals surface area (Å²) in [6.07, 6.45) is 4.55. The molecule has 0 unspecified atom stereocenters. The van der Waals surface area contributed by atoms with Gasteiger partial charge in [0.05, 0.1) is 0 Å². The highest BCUT2D eigenvalue weighted by Crippen LogP contribution is 2.25. The Morgan fingerprint density at radius 1 is 1.25 bits per heavy atom. The van der Waals surface area contributed by atoms with E-state index in [-0.39, 0.29) is 5.54 Å². The Labute approximate surface area is 124 Å². The van der Waals surface area contributed by atoms with Crippen molar-refractivity contribution in [2.24, 2.45) is 4.99 Å². The second-order valence-electron chi connectivity index (χ2n) is 5.91. The first-order valence-electron chi connectivity index (χ1n) is 7.72. The van der Waals surface area contributed by atoms with Crippen molar-refractivity contribution >= 4 is 5.96 Å². The third-order valence-electron chi connectivity index (χ3n) is 4.37. The maximum absolute atomic E-state index is 5.51. The normalized spacial score (nSPS) is 19.2. The first-order valence-corrected chi connectivity index (χ1v) is 7.72. The third kappa shape index (κ3) is 4.63. The molecule has 0 amide bonds. The molecule has 0 aromatic rings. The van der Waals surface area contributed by atoms with Crippen LogP contribution in [0.3, 0.4) is 0 Å². The van der Waals surface area contributed by atoms with Crippen LogP contribution in [0.4, 0.5) is 0 Å². The molecule has 0 spiro atoms. The number of aliphatic imine (C=N–C) groups is 1. The van der Waals surface area contributed by atoms with E-state index < -0.39 is 0 Å². The first-order chi connectivity index (χ1) is 9.55. The fourth-order valence-corrected chi connectivity index (χ4v) is 2.66. The molecule has 5 heteroatoms. The molecule has 1 heterocycles. The van der Waals surface area contributed by atoms with Crippen LogP contribution in [0, 0.1) is 0 Å². The molecule has 0 atom stereocenters. The SMILES string of the molecule is CCCCN(C)C(=NC)NCC1(N(C)C)CCOCC1. The summed E-state index contributed by atoms with van der Waals surface area (Å²) in [5.41, 5.74) is 0.180. The van der Waals surface area contributed by atoms with Crippen LogP contribution < -0.4 is 5.32 Å². The summed E-state index contributed by atoms with van der Waals surface area (Å²) in [6, 6.07) is 0. The maximum Gasteiger partial charge on any atom is 0.193 e.